The summed E-state index contributed by atoms with van der Waals surface area (Å²) < 4.78 is 6.43. The van der Waals surface area contributed by atoms with E-state index in [1.54, 1.807) is 0 Å². The SMILES string of the molecule is C1=CC2C=Cc3cc(-c4nc(-c5cccc6c5C5C=CCCC5O6)nc([C@@H]5C=Cc6ccccc6C5)n4)ccc3C2C=C1. The molecule has 5 aliphatic rings. The van der Waals surface area contributed by atoms with Gasteiger partial charge in [0.1, 0.15) is 17.7 Å². The van der Waals surface area contributed by atoms with Gasteiger partial charge in [-0.2, -0.15) is 0 Å². The maximum absolute atomic E-state index is 6.43. The van der Waals surface area contributed by atoms with Crippen molar-refractivity contribution in [1.29, 1.82) is 0 Å². The number of hydrogen-bond donors (Lipinski definition) is 0. The van der Waals surface area contributed by atoms with Gasteiger partial charge in [-0.3, -0.25) is 0 Å². The Bertz CT molecular complexity index is 1930. The Morgan fingerprint density at radius 1 is 0.721 bits per heavy atom. The van der Waals surface area contributed by atoms with Crippen molar-refractivity contribution in [2.75, 3.05) is 0 Å². The zero-order valence-electron chi connectivity index (χ0n) is 23.8. The van der Waals surface area contributed by atoms with Crippen LogP contribution >= 0.6 is 0 Å². The van der Waals surface area contributed by atoms with Gasteiger partial charge in [0.25, 0.3) is 0 Å². The first-order valence-corrected chi connectivity index (χ1v) is 15.4. The molecule has 5 atom stereocenters. The number of ether oxygens (including phenoxy) is 1. The summed E-state index contributed by atoms with van der Waals surface area (Å²) >= 11 is 0. The minimum absolute atomic E-state index is 0.0724. The highest BCUT2D eigenvalue weighted by Crippen LogP contribution is 2.47. The third-order valence-electron chi connectivity index (χ3n) is 9.65. The molecular weight excluding hydrogens is 526 g/mol. The van der Waals surface area contributed by atoms with E-state index in [0.29, 0.717) is 11.8 Å². The lowest BCUT2D eigenvalue weighted by molar-refractivity contribution is 0.204. The van der Waals surface area contributed by atoms with Crippen LogP contribution in [0.2, 0.25) is 0 Å². The summed E-state index contributed by atoms with van der Waals surface area (Å²) in [6, 6.07) is 21.6. The summed E-state index contributed by atoms with van der Waals surface area (Å²) in [5.41, 5.74) is 8.44. The highest BCUT2D eigenvalue weighted by molar-refractivity contribution is 5.72. The van der Waals surface area contributed by atoms with Crippen molar-refractivity contribution in [3.8, 4) is 28.5 Å². The molecule has 0 fully saturated rings. The third kappa shape index (κ3) is 4.16. The van der Waals surface area contributed by atoms with Crippen LogP contribution < -0.4 is 4.74 Å². The molecule has 4 aliphatic carbocycles. The molecule has 208 valence electrons. The molecule has 0 spiro atoms. The molecule has 0 saturated carbocycles. The molecule has 4 aromatic rings. The van der Waals surface area contributed by atoms with Crippen LogP contribution in [0.15, 0.2) is 109 Å². The summed E-state index contributed by atoms with van der Waals surface area (Å²) in [6.07, 6.45) is 25.7. The van der Waals surface area contributed by atoms with Crippen molar-refractivity contribution in [3.63, 3.8) is 0 Å². The monoisotopic (exact) mass is 557 g/mol. The molecular formula is C39H31N3O. The highest BCUT2D eigenvalue weighted by atomic mass is 16.5. The first-order valence-electron chi connectivity index (χ1n) is 15.4. The average molecular weight is 558 g/mol. The van der Waals surface area contributed by atoms with Crippen LogP contribution in [0.1, 0.15) is 64.2 Å². The molecule has 4 unspecified atom stereocenters. The fourth-order valence-electron chi connectivity index (χ4n) is 7.46. The fraction of sp³-hybridized carbons (Fsp3) is 0.205. The van der Waals surface area contributed by atoms with E-state index in [1.165, 1.54) is 27.8 Å². The largest absolute Gasteiger partial charge is 0.489 e. The second-order valence-corrected chi connectivity index (χ2v) is 12.2. The maximum atomic E-state index is 6.43. The van der Waals surface area contributed by atoms with E-state index in [9.17, 15) is 0 Å². The molecule has 4 heteroatoms. The van der Waals surface area contributed by atoms with Crippen molar-refractivity contribution in [1.82, 2.24) is 15.0 Å². The lowest BCUT2D eigenvalue weighted by atomic mass is 9.77. The van der Waals surface area contributed by atoms with Crippen molar-refractivity contribution >= 4 is 12.2 Å². The lowest BCUT2D eigenvalue weighted by Gasteiger charge is -2.27. The third-order valence-corrected chi connectivity index (χ3v) is 9.65. The summed E-state index contributed by atoms with van der Waals surface area (Å²) in [7, 11) is 0. The van der Waals surface area contributed by atoms with E-state index < -0.39 is 0 Å². The van der Waals surface area contributed by atoms with Crippen LogP contribution in [0.3, 0.4) is 0 Å². The summed E-state index contributed by atoms with van der Waals surface area (Å²) in [6.45, 7) is 0. The second kappa shape index (κ2) is 9.88. The number of benzene rings is 3. The molecule has 0 saturated heterocycles. The van der Waals surface area contributed by atoms with Crippen molar-refractivity contribution in [3.05, 3.63) is 143 Å². The molecule has 1 aromatic heterocycles. The highest BCUT2D eigenvalue weighted by Gasteiger charge is 2.37. The van der Waals surface area contributed by atoms with E-state index in [2.05, 4.69) is 121 Å². The average Bonchev–Trinajstić information content (AvgIpc) is 3.46. The first kappa shape index (κ1) is 24.7. The number of aromatic nitrogens is 3. The van der Waals surface area contributed by atoms with Gasteiger partial charge < -0.3 is 4.74 Å². The van der Waals surface area contributed by atoms with Gasteiger partial charge in [0.05, 0.1) is 0 Å². The number of nitrogens with zero attached hydrogens (tertiary/aromatic N) is 3. The van der Waals surface area contributed by atoms with E-state index in [1.807, 2.05) is 0 Å². The topological polar surface area (TPSA) is 47.9 Å². The van der Waals surface area contributed by atoms with Crippen LogP contribution in [-0.4, -0.2) is 21.1 Å². The lowest BCUT2D eigenvalue weighted by Crippen LogP contribution is -2.19. The summed E-state index contributed by atoms with van der Waals surface area (Å²) in [5.74, 6) is 4.30. The molecule has 0 radical (unpaired) electrons. The van der Waals surface area contributed by atoms with Gasteiger partial charge in [0.15, 0.2) is 11.6 Å². The Morgan fingerprint density at radius 3 is 2.63 bits per heavy atom. The van der Waals surface area contributed by atoms with E-state index in [4.69, 9.17) is 19.7 Å². The zero-order valence-corrected chi connectivity index (χ0v) is 23.8. The molecule has 2 heterocycles. The second-order valence-electron chi connectivity index (χ2n) is 12.2. The summed E-state index contributed by atoms with van der Waals surface area (Å²) in [4.78, 5) is 15.5. The van der Waals surface area contributed by atoms with Crippen LogP contribution in [0.4, 0.5) is 0 Å². The fourth-order valence-corrected chi connectivity index (χ4v) is 7.46. The Morgan fingerprint density at radius 2 is 1.63 bits per heavy atom. The predicted molar refractivity (Wildman–Crippen MR) is 172 cm³/mol. The van der Waals surface area contributed by atoms with Crippen LogP contribution in [0.5, 0.6) is 5.75 Å². The van der Waals surface area contributed by atoms with Gasteiger partial charge in [-0.15, -0.1) is 0 Å². The van der Waals surface area contributed by atoms with E-state index in [0.717, 1.165) is 53.6 Å². The van der Waals surface area contributed by atoms with Crippen LogP contribution in [-0.2, 0) is 6.42 Å². The molecule has 3 aromatic carbocycles. The van der Waals surface area contributed by atoms with Crippen molar-refractivity contribution in [2.45, 2.75) is 43.1 Å². The van der Waals surface area contributed by atoms with Gasteiger partial charge >= 0.3 is 0 Å². The first-order chi connectivity index (χ1) is 21.3. The Kier molecular flexibility index (Phi) is 5.68. The molecule has 0 N–H and O–H groups in total. The Labute approximate surface area is 251 Å². The minimum atomic E-state index is 0.0724. The summed E-state index contributed by atoms with van der Waals surface area (Å²) in [5, 5.41) is 0. The van der Waals surface area contributed by atoms with Gasteiger partial charge in [-0.05, 0) is 53.6 Å². The van der Waals surface area contributed by atoms with Crippen LogP contribution in [0, 0.1) is 5.92 Å². The standard InChI is InChI=1S/C39H31N3O/c1-2-10-26-22-28(19-16-24(26)8-1)37-40-38(29-20-21-31-27(23-29)18-17-25-9-3-4-11-30(25)31)42-39(41-37)33-13-7-15-35-36(33)32-12-5-6-14-34(32)43-35/h1-5,7-13,15-21,23,25,28,30,32,34H,6,14,22H2/t25?,28-,30?,32?,34?/m1/s1. The quantitative estimate of drug-likeness (QED) is 0.237. The van der Waals surface area contributed by atoms with Crippen LogP contribution in [0.25, 0.3) is 34.9 Å². The van der Waals surface area contributed by atoms with Gasteiger partial charge in [-0.25, -0.2) is 15.0 Å². The van der Waals surface area contributed by atoms with Crippen molar-refractivity contribution in [2.24, 2.45) is 5.92 Å². The smallest absolute Gasteiger partial charge is 0.164 e. The Hall–Kier alpha value is -4.83. The number of rotatable bonds is 3. The van der Waals surface area contributed by atoms with Gasteiger partial charge in [-0.1, -0.05) is 109 Å². The van der Waals surface area contributed by atoms with E-state index >= 15 is 0 Å². The minimum Gasteiger partial charge on any atom is -0.489 e. The molecule has 0 amide bonds. The molecule has 4 nitrogen and oxygen atoms in total. The van der Waals surface area contributed by atoms with Gasteiger partial charge in [0.2, 0.25) is 0 Å². The molecule has 43 heavy (non-hydrogen) atoms. The molecule has 1 aliphatic heterocycles. The zero-order chi connectivity index (χ0) is 28.3. The number of allylic oxidation sites excluding steroid dienone is 7. The van der Waals surface area contributed by atoms with Gasteiger partial charge in [0, 0.05) is 40.4 Å². The predicted octanol–water partition coefficient (Wildman–Crippen LogP) is 8.61. The molecule has 0 bridgehead atoms. The Balaban J connectivity index is 1.19. The maximum Gasteiger partial charge on any atom is 0.164 e. The molecule has 9 rings (SSSR count). The normalized spacial score (nSPS) is 25.3. The van der Waals surface area contributed by atoms with Crippen molar-refractivity contribution < 1.29 is 4.74 Å². The number of fused-ring (bicyclic) bond motifs is 7. The number of hydrogen-bond acceptors (Lipinski definition) is 4. The van der Waals surface area contributed by atoms with E-state index in [-0.39, 0.29) is 17.9 Å².